The van der Waals surface area contributed by atoms with Crippen molar-refractivity contribution < 1.29 is 17.9 Å². The molecule has 2 aromatic heterocycles. The van der Waals surface area contributed by atoms with Crippen LogP contribution in [0.3, 0.4) is 0 Å². The Bertz CT molecular complexity index is 725. The second kappa shape index (κ2) is 8.52. The van der Waals surface area contributed by atoms with Gasteiger partial charge in [0.1, 0.15) is 10.9 Å². The number of hydrogen-bond donors (Lipinski definition) is 0. The lowest BCUT2D eigenvalue weighted by atomic mass is 10.00. The van der Waals surface area contributed by atoms with Crippen molar-refractivity contribution in [2.75, 3.05) is 6.61 Å². The van der Waals surface area contributed by atoms with Crippen LogP contribution in [0.4, 0.5) is 13.2 Å². The number of nitrogens with zero attached hydrogens (tertiary/aromatic N) is 2. The highest BCUT2D eigenvalue weighted by Crippen LogP contribution is 2.33. The standard InChI is InChI=1S/C18H20ClF3N2O/c1-10(2)4-11(3)9-25-16-8-23-15(5-13(16)18(21)22)12-6-17(19)24-7-14(12)20/h5-8,10-11,18H,4,9H2,1-3H3/t11-/m1/s1. The fraction of sp³-hybridized carbons (Fsp3) is 0.444. The fourth-order valence-electron chi connectivity index (χ4n) is 2.61. The molecule has 0 radical (unpaired) electrons. The van der Waals surface area contributed by atoms with E-state index in [2.05, 4.69) is 23.8 Å². The highest BCUT2D eigenvalue weighted by atomic mass is 35.5. The van der Waals surface area contributed by atoms with Crippen molar-refractivity contribution >= 4 is 11.6 Å². The van der Waals surface area contributed by atoms with Crippen LogP contribution in [0.1, 0.15) is 39.2 Å². The Morgan fingerprint density at radius 3 is 2.48 bits per heavy atom. The van der Waals surface area contributed by atoms with Gasteiger partial charge >= 0.3 is 0 Å². The first kappa shape index (κ1) is 19.5. The summed E-state index contributed by atoms with van der Waals surface area (Å²) in [5.74, 6) is 0.0426. The summed E-state index contributed by atoms with van der Waals surface area (Å²) in [4.78, 5) is 7.65. The molecule has 0 aromatic carbocycles. The first-order chi connectivity index (χ1) is 11.8. The smallest absolute Gasteiger partial charge is 0.267 e. The van der Waals surface area contributed by atoms with E-state index < -0.39 is 12.2 Å². The van der Waals surface area contributed by atoms with Crippen LogP contribution in [0, 0.1) is 17.7 Å². The summed E-state index contributed by atoms with van der Waals surface area (Å²) in [6.45, 7) is 6.49. The summed E-state index contributed by atoms with van der Waals surface area (Å²) in [5, 5.41) is 0.0552. The molecule has 0 amide bonds. The zero-order valence-electron chi connectivity index (χ0n) is 14.3. The van der Waals surface area contributed by atoms with Gasteiger partial charge in [0.2, 0.25) is 0 Å². The number of pyridine rings is 2. The second-order valence-corrected chi connectivity index (χ2v) is 6.83. The van der Waals surface area contributed by atoms with Gasteiger partial charge in [0.05, 0.1) is 30.3 Å². The zero-order valence-corrected chi connectivity index (χ0v) is 15.0. The van der Waals surface area contributed by atoms with Gasteiger partial charge < -0.3 is 4.74 Å². The Labute approximate surface area is 150 Å². The van der Waals surface area contributed by atoms with Gasteiger partial charge in [-0.15, -0.1) is 0 Å². The predicted octanol–water partition coefficient (Wildman–Crippen LogP) is 5.93. The van der Waals surface area contributed by atoms with Gasteiger partial charge in [-0.3, -0.25) is 4.98 Å². The van der Waals surface area contributed by atoms with Gasteiger partial charge in [-0.05, 0) is 30.4 Å². The lowest BCUT2D eigenvalue weighted by Gasteiger charge is -2.17. The van der Waals surface area contributed by atoms with Crippen LogP contribution in [0.25, 0.3) is 11.3 Å². The van der Waals surface area contributed by atoms with Crippen molar-refractivity contribution in [3.63, 3.8) is 0 Å². The monoisotopic (exact) mass is 372 g/mol. The van der Waals surface area contributed by atoms with Crippen molar-refractivity contribution in [3.8, 4) is 17.0 Å². The third kappa shape index (κ3) is 5.33. The Morgan fingerprint density at radius 1 is 1.12 bits per heavy atom. The van der Waals surface area contributed by atoms with Crippen molar-refractivity contribution in [1.82, 2.24) is 9.97 Å². The molecular weight excluding hydrogens is 353 g/mol. The molecule has 25 heavy (non-hydrogen) atoms. The third-order valence-electron chi connectivity index (χ3n) is 3.63. The summed E-state index contributed by atoms with van der Waals surface area (Å²) in [7, 11) is 0. The second-order valence-electron chi connectivity index (χ2n) is 6.44. The van der Waals surface area contributed by atoms with E-state index in [0.29, 0.717) is 12.5 Å². The minimum Gasteiger partial charge on any atom is -0.491 e. The number of hydrogen-bond acceptors (Lipinski definition) is 3. The molecule has 0 fully saturated rings. The molecule has 2 heterocycles. The van der Waals surface area contributed by atoms with Crippen molar-refractivity contribution in [3.05, 3.63) is 41.1 Å². The minimum absolute atomic E-state index is 0.00918. The molecular formula is C18H20ClF3N2O. The molecule has 1 atom stereocenters. The molecule has 0 saturated carbocycles. The largest absolute Gasteiger partial charge is 0.491 e. The van der Waals surface area contributed by atoms with Crippen LogP contribution in [-0.4, -0.2) is 16.6 Å². The topological polar surface area (TPSA) is 35.0 Å². The predicted molar refractivity (Wildman–Crippen MR) is 91.5 cm³/mol. The highest BCUT2D eigenvalue weighted by molar-refractivity contribution is 6.29. The van der Waals surface area contributed by atoms with Crippen LogP contribution < -0.4 is 4.74 Å². The van der Waals surface area contributed by atoms with Gasteiger partial charge in [0.15, 0.2) is 5.82 Å². The average molecular weight is 373 g/mol. The Balaban J connectivity index is 2.27. The maximum absolute atomic E-state index is 13.9. The van der Waals surface area contributed by atoms with Gasteiger partial charge in [0.25, 0.3) is 6.43 Å². The normalized spacial score (nSPS) is 12.7. The lowest BCUT2D eigenvalue weighted by Crippen LogP contribution is -2.12. The van der Waals surface area contributed by atoms with E-state index in [1.807, 2.05) is 6.92 Å². The number of rotatable bonds is 7. The highest BCUT2D eigenvalue weighted by Gasteiger charge is 2.19. The molecule has 0 saturated heterocycles. The Morgan fingerprint density at radius 2 is 1.84 bits per heavy atom. The summed E-state index contributed by atoms with van der Waals surface area (Å²) in [6.07, 6.45) is 0.292. The average Bonchev–Trinajstić information content (AvgIpc) is 2.54. The van der Waals surface area contributed by atoms with E-state index in [-0.39, 0.29) is 33.6 Å². The number of alkyl halides is 2. The number of ether oxygens (including phenoxy) is 1. The lowest BCUT2D eigenvalue weighted by molar-refractivity contribution is 0.142. The molecule has 0 aliphatic carbocycles. The van der Waals surface area contributed by atoms with Gasteiger partial charge in [-0.25, -0.2) is 18.2 Å². The molecule has 3 nitrogen and oxygen atoms in total. The molecule has 7 heteroatoms. The van der Waals surface area contributed by atoms with Crippen LogP contribution >= 0.6 is 11.6 Å². The Kier molecular flexibility index (Phi) is 6.64. The molecule has 0 spiro atoms. The third-order valence-corrected chi connectivity index (χ3v) is 3.83. The van der Waals surface area contributed by atoms with Crippen molar-refractivity contribution in [1.29, 1.82) is 0 Å². The quantitative estimate of drug-likeness (QED) is 0.564. The summed E-state index contributed by atoms with van der Waals surface area (Å²) < 4.78 is 46.2. The molecule has 0 unspecified atom stereocenters. The molecule has 2 rings (SSSR count). The minimum atomic E-state index is -2.77. The maximum atomic E-state index is 13.9. The summed E-state index contributed by atoms with van der Waals surface area (Å²) >= 11 is 5.75. The first-order valence-corrected chi connectivity index (χ1v) is 8.38. The van der Waals surface area contributed by atoms with Gasteiger partial charge in [-0.1, -0.05) is 32.4 Å². The van der Waals surface area contributed by atoms with E-state index in [9.17, 15) is 13.2 Å². The van der Waals surface area contributed by atoms with E-state index in [1.54, 1.807) is 0 Å². The van der Waals surface area contributed by atoms with Crippen LogP contribution in [0.15, 0.2) is 24.5 Å². The Hall–Kier alpha value is -1.82. The first-order valence-electron chi connectivity index (χ1n) is 8.00. The van der Waals surface area contributed by atoms with Gasteiger partial charge in [-0.2, -0.15) is 0 Å². The van der Waals surface area contributed by atoms with Gasteiger partial charge in [0, 0.05) is 5.56 Å². The molecule has 0 aliphatic rings. The van der Waals surface area contributed by atoms with E-state index in [1.165, 1.54) is 12.3 Å². The molecule has 0 N–H and O–H groups in total. The maximum Gasteiger partial charge on any atom is 0.267 e. The van der Waals surface area contributed by atoms with E-state index >= 15 is 0 Å². The van der Waals surface area contributed by atoms with E-state index in [4.69, 9.17) is 16.3 Å². The van der Waals surface area contributed by atoms with Crippen LogP contribution in [0.5, 0.6) is 5.75 Å². The SMILES string of the molecule is CC(C)C[C@@H](C)COc1cnc(-c2cc(Cl)ncc2F)cc1C(F)F. The van der Waals surface area contributed by atoms with Crippen molar-refractivity contribution in [2.24, 2.45) is 11.8 Å². The molecule has 2 aromatic rings. The van der Waals surface area contributed by atoms with Crippen LogP contribution in [0.2, 0.25) is 5.15 Å². The summed E-state index contributed by atoms with van der Waals surface area (Å²) in [6, 6.07) is 2.38. The molecule has 0 aliphatic heterocycles. The molecule has 136 valence electrons. The van der Waals surface area contributed by atoms with Crippen molar-refractivity contribution in [2.45, 2.75) is 33.6 Å². The van der Waals surface area contributed by atoms with Crippen LogP contribution in [-0.2, 0) is 0 Å². The zero-order chi connectivity index (χ0) is 18.6. The molecule has 0 bridgehead atoms. The summed E-state index contributed by atoms with van der Waals surface area (Å²) in [5.41, 5.74) is -0.254. The van der Waals surface area contributed by atoms with E-state index in [0.717, 1.165) is 18.7 Å². The number of aromatic nitrogens is 2. The fourth-order valence-corrected chi connectivity index (χ4v) is 2.77. The number of halogens is 4.